The molecule has 0 aliphatic carbocycles. The summed E-state index contributed by atoms with van der Waals surface area (Å²) >= 11 is 0. The first-order chi connectivity index (χ1) is 9.15. The summed E-state index contributed by atoms with van der Waals surface area (Å²) in [6, 6.07) is 9.87. The van der Waals surface area contributed by atoms with E-state index in [0.29, 0.717) is 18.2 Å². The molecule has 0 radical (unpaired) electrons. The molecular formula is C15H21N3O. The second-order valence-corrected chi connectivity index (χ2v) is 5.28. The van der Waals surface area contributed by atoms with Crippen LogP contribution >= 0.6 is 0 Å². The van der Waals surface area contributed by atoms with Crippen LogP contribution < -0.4 is 5.73 Å². The molecule has 4 nitrogen and oxygen atoms in total. The van der Waals surface area contributed by atoms with Crippen LogP contribution in [0.25, 0.3) is 0 Å². The largest absolute Gasteiger partial charge is 0.338 e. The number of nitrogens with two attached hydrogens (primary N) is 1. The van der Waals surface area contributed by atoms with Gasteiger partial charge in [-0.15, -0.1) is 0 Å². The van der Waals surface area contributed by atoms with Gasteiger partial charge in [-0.25, -0.2) is 0 Å². The molecule has 0 aliphatic heterocycles. The number of hydrogen-bond donors (Lipinski definition) is 1. The highest BCUT2D eigenvalue weighted by molar-refractivity contribution is 5.16. The number of hydrogen-bond acceptors (Lipinski definition) is 4. The fraction of sp³-hybridized carbons (Fsp3) is 0.467. The van der Waals surface area contributed by atoms with Crippen molar-refractivity contribution in [2.24, 2.45) is 11.7 Å². The van der Waals surface area contributed by atoms with E-state index >= 15 is 0 Å². The highest BCUT2D eigenvalue weighted by atomic mass is 16.5. The fourth-order valence-electron chi connectivity index (χ4n) is 1.89. The molecule has 2 rings (SSSR count). The Balaban J connectivity index is 1.94. The van der Waals surface area contributed by atoms with Gasteiger partial charge in [0.1, 0.15) is 0 Å². The minimum atomic E-state index is -0.234. The summed E-state index contributed by atoms with van der Waals surface area (Å²) in [5.41, 5.74) is 7.28. The van der Waals surface area contributed by atoms with Crippen molar-refractivity contribution < 1.29 is 4.52 Å². The summed E-state index contributed by atoms with van der Waals surface area (Å²) in [7, 11) is 0. The monoisotopic (exact) mass is 259 g/mol. The maximum absolute atomic E-state index is 6.10. The molecule has 0 spiro atoms. The quantitative estimate of drug-likeness (QED) is 0.866. The molecule has 1 aromatic carbocycles. The summed E-state index contributed by atoms with van der Waals surface area (Å²) < 4.78 is 5.24. The van der Waals surface area contributed by atoms with E-state index in [1.54, 1.807) is 0 Å². The average molecular weight is 259 g/mol. The van der Waals surface area contributed by atoms with Gasteiger partial charge in [-0.3, -0.25) is 0 Å². The van der Waals surface area contributed by atoms with Crippen LogP contribution in [0.4, 0.5) is 0 Å². The summed E-state index contributed by atoms with van der Waals surface area (Å²) in [5, 5.41) is 3.98. The first kappa shape index (κ1) is 13.7. The lowest BCUT2D eigenvalue weighted by Gasteiger charge is -2.06. The van der Waals surface area contributed by atoms with E-state index < -0.39 is 0 Å². The van der Waals surface area contributed by atoms with Crippen LogP contribution in [0.3, 0.4) is 0 Å². The zero-order chi connectivity index (χ0) is 13.7. The molecule has 0 bridgehead atoms. The van der Waals surface area contributed by atoms with Crippen molar-refractivity contribution in [1.82, 2.24) is 10.1 Å². The highest BCUT2D eigenvalue weighted by Crippen LogP contribution is 2.15. The minimum absolute atomic E-state index is 0.234. The Hall–Kier alpha value is -1.68. The molecule has 1 atom stereocenters. The molecule has 0 saturated heterocycles. The predicted octanol–water partition coefficient (Wildman–Crippen LogP) is 2.90. The Bertz CT molecular complexity index is 493. The van der Waals surface area contributed by atoms with E-state index in [-0.39, 0.29) is 6.04 Å². The van der Waals surface area contributed by atoms with Crippen molar-refractivity contribution in [2.75, 3.05) is 0 Å². The van der Waals surface area contributed by atoms with Gasteiger partial charge in [-0.2, -0.15) is 4.98 Å². The zero-order valence-corrected chi connectivity index (χ0v) is 11.5. The van der Waals surface area contributed by atoms with Crippen LogP contribution in [0.2, 0.25) is 0 Å². The highest BCUT2D eigenvalue weighted by Gasteiger charge is 2.15. The normalized spacial score (nSPS) is 12.8. The molecule has 0 amide bonds. The van der Waals surface area contributed by atoms with E-state index in [0.717, 1.165) is 18.7 Å². The van der Waals surface area contributed by atoms with Gasteiger partial charge in [0.25, 0.3) is 0 Å². The SMILES string of the molecule is CC(C)CCc1noc(C(N)Cc2ccccc2)n1. The van der Waals surface area contributed by atoms with Crippen LogP contribution in [-0.2, 0) is 12.8 Å². The number of aryl methyl sites for hydroxylation is 1. The van der Waals surface area contributed by atoms with Crippen molar-refractivity contribution in [3.05, 3.63) is 47.6 Å². The summed E-state index contributed by atoms with van der Waals surface area (Å²) in [5.74, 6) is 1.93. The first-order valence-electron chi connectivity index (χ1n) is 6.77. The van der Waals surface area contributed by atoms with Crippen LogP contribution in [0, 0.1) is 5.92 Å². The summed E-state index contributed by atoms with van der Waals surface area (Å²) in [6.07, 6.45) is 2.62. The molecule has 0 fully saturated rings. The Kier molecular flexibility index (Phi) is 4.68. The van der Waals surface area contributed by atoms with Crippen LogP contribution in [0.5, 0.6) is 0 Å². The van der Waals surface area contributed by atoms with Gasteiger partial charge in [-0.05, 0) is 24.3 Å². The Morgan fingerprint density at radius 2 is 1.95 bits per heavy atom. The summed E-state index contributed by atoms with van der Waals surface area (Å²) in [6.45, 7) is 4.37. The smallest absolute Gasteiger partial charge is 0.243 e. The van der Waals surface area contributed by atoms with E-state index in [2.05, 4.69) is 36.1 Å². The maximum Gasteiger partial charge on any atom is 0.243 e. The molecule has 1 aromatic heterocycles. The number of rotatable bonds is 6. The molecule has 19 heavy (non-hydrogen) atoms. The predicted molar refractivity (Wildman–Crippen MR) is 74.5 cm³/mol. The molecule has 4 heteroatoms. The Labute approximate surface area is 114 Å². The first-order valence-corrected chi connectivity index (χ1v) is 6.77. The van der Waals surface area contributed by atoms with Gasteiger partial charge in [0.05, 0.1) is 6.04 Å². The Morgan fingerprint density at radius 1 is 1.21 bits per heavy atom. The Morgan fingerprint density at radius 3 is 2.63 bits per heavy atom. The standard InChI is InChI=1S/C15H21N3O/c1-11(2)8-9-14-17-15(19-18-14)13(16)10-12-6-4-3-5-7-12/h3-7,11,13H,8-10,16H2,1-2H3. The molecule has 102 valence electrons. The number of nitrogens with zero attached hydrogens (tertiary/aromatic N) is 2. The molecule has 1 unspecified atom stereocenters. The van der Waals surface area contributed by atoms with Crippen molar-refractivity contribution in [2.45, 2.75) is 39.2 Å². The molecule has 0 aliphatic rings. The van der Waals surface area contributed by atoms with Crippen LogP contribution in [-0.4, -0.2) is 10.1 Å². The lowest BCUT2D eigenvalue weighted by Crippen LogP contribution is -2.13. The molecule has 0 saturated carbocycles. The van der Waals surface area contributed by atoms with Gasteiger partial charge in [-0.1, -0.05) is 49.3 Å². The van der Waals surface area contributed by atoms with Crippen molar-refractivity contribution in [1.29, 1.82) is 0 Å². The van der Waals surface area contributed by atoms with Gasteiger partial charge in [0.15, 0.2) is 5.82 Å². The number of benzene rings is 1. The van der Waals surface area contributed by atoms with Gasteiger partial charge in [0.2, 0.25) is 5.89 Å². The zero-order valence-electron chi connectivity index (χ0n) is 11.5. The van der Waals surface area contributed by atoms with E-state index in [1.807, 2.05) is 18.2 Å². The lowest BCUT2D eigenvalue weighted by atomic mass is 10.1. The minimum Gasteiger partial charge on any atom is -0.338 e. The van der Waals surface area contributed by atoms with Crippen molar-refractivity contribution in [3.8, 4) is 0 Å². The molecule has 1 heterocycles. The number of aromatic nitrogens is 2. The van der Waals surface area contributed by atoms with E-state index in [9.17, 15) is 0 Å². The molecule has 2 aromatic rings. The topological polar surface area (TPSA) is 64.9 Å². The molecule has 2 N–H and O–H groups in total. The van der Waals surface area contributed by atoms with Crippen LogP contribution in [0.1, 0.15) is 43.6 Å². The molecular weight excluding hydrogens is 238 g/mol. The van der Waals surface area contributed by atoms with Gasteiger partial charge in [0, 0.05) is 6.42 Å². The van der Waals surface area contributed by atoms with E-state index in [4.69, 9.17) is 10.3 Å². The third-order valence-corrected chi connectivity index (χ3v) is 3.04. The van der Waals surface area contributed by atoms with E-state index in [1.165, 1.54) is 5.56 Å². The maximum atomic E-state index is 6.10. The fourth-order valence-corrected chi connectivity index (χ4v) is 1.89. The van der Waals surface area contributed by atoms with Gasteiger partial charge < -0.3 is 10.3 Å². The third kappa shape index (κ3) is 4.17. The van der Waals surface area contributed by atoms with Crippen LogP contribution in [0.15, 0.2) is 34.9 Å². The third-order valence-electron chi connectivity index (χ3n) is 3.04. The van der Waals surface area contributed by atoms with Gasteiger partial charge >= 0.3 is 0 Å². The second-order valence-electron chi connectivity index (χ2n) is 5.28. The summed E-state index contributed by atoms with van der Waals surface area (Å²) in [4.78, 5) is 4.38. The average Bonchev–Trinajstić information content (AvgIpc) is 2.86. The van der Waals surface area contributed by atoms with Crippen molar-refractivity contribution >= 4 is 0 Å². The second kappa shape index (κ2) is 6.48. The lowest BCUT2D eigenvalue weighted by molar-refractivity contribution is 0.349. The van der Waals surface area contributed by atoms with Crippen molar-refractivity contribution in [3.63, 3.8) is 0 Å².